The lowest BCUT2D eigenvalue weighted by Crippen LogP contribution is -2.25. The quantitative estimate of drug-likeness (QED) is 0.732. The third-order valence-corrected chi connectivity index (χ3v) is 4.12. The Kier molecular flexibility index (Phi) is 4.72. The van der Waals surface area contributed by atoms with Crippen LogP contribution in [0.4, 0.5) is 5.69 Å². The van der Waals surface area contributed by atoms with Crippen molar-refractivity contribution in [3.8, 4) is 11.9 Å². The van der Waals surface area contributed by atoms with Gasteiger partial charge in [0, 0.05) is 6.21 Å². The van der Waals surface area contributed by atoms with Crippen molar-refractivity contribution < 1.29 is 9.52 Å². The fraction of sp³-hybridized carbons (Fsp3) is 0.150. The van der Waals surface area contributed by atoms with Gasteiger partial charge in [-0.3, -0.25) is 14.4 Å². The van der Waals surface area contributed by atoms with E-state index >= 15 is 0 Å². The molecule has 2 heterocycles. The summed E-state index contributed by atoms with van der Waals surface area (Å²) in [7, 11) is 0. The molecule has 0 unspecified atom stereocenters. The van der Waals surface area contributed by atoms with Crippen LogP contribution in [0.2, 0.25) is 0 Å². The van der Waals surface area contributed by atoms with Gasteiger partial charge in [-0.05, 0) is 43.7 Å². The number of pyridine rings is 1. The Morgan fingerprint density at radius 3 is 2.62 bits per heavy atom. The van der Waals surface area contributed by atoms with Crippen LogP contribution in [0.5, 0.6) is 5.88 Å². The highest BCUT2D eigenvalue weighted by Gasteiger charge is 2.18. The van der Waals surface area contributed by atoms with Gasteiger partial charge in [0.2, 0.25) is 5.88 Å². The zero-order valence-electron chi connectivity index (χ0n) is 14.4. The number of furan rings is 1. The summed E-state index contributed by atoms with van der Waals surface area (Å²) in [4.78, 5) is 16.9. The van der Waals surface area contributed by atoms with Gasteiger partial charge in [-0.15, -0.1) is 0 Å². The number of aliphatic imine (C=N–C) groups is 1. The van der Waals surface area contributed by atoms with E-state index in [1.54, 1.807) is 19.1 Å². The highest BCUT2D eigenvalue weighted by atomic mass is 16.3. The maximum Gasteiger partial charge on any atom is 0.271 e. The first kappa shape index (κ1) is 17.2. The van der Waals surface area contributed by atoms with E-state index in [0.29, 0.717) is 22.6 Å². The molecule has 0 bridgehead atoms. The van der Waals surface area contributed by atoms with Crippen molar-refractivity contribution in [3.63, 3.8) is 0 Å². The van der Waals surface area contributed by atoms with Crippen molar-refractivity contribution >= 4 is 11.9 Å². The molecule has 0 saturated carbocycles. The first-order valence-electron chi connectivity index (χ1n) is 8.01. The molecule has 0 spiro atoms. The number of nitriles is 1. The average Bonchev–Trinajstić information content (AvgIpc) is 3.14. The Morgan fingerprint density at radius 1 is 1.27 bits per heavy atom. The molecule has 1 N–H and O–H groups in total. The molecule has 0 aliphatic rings. The zero-order valence-corrected chi connectivity index (χ0v) is 14.4. The van der Waals surface area contributed by atoms with E-state index in [2.05, 4.69) is 4.99 Å². The van der Waals surface area contributed by atoms with E-state index in [-0.39, 0.29) is 18.0 Å². The van der Waals surface area contributed by atoms with Crippen LogP contribution in [-0.2, 0) is 6.54 Å². The number of aromatic hydroxyl groups is 1. The fourth-order valence-electron chi connectivity index (χ4n) is 2.60. The molecule has 6 nitrogen and oxygen atoms in total. The van der Waals surface area contributed by atoms with E-state index < -0.39 is 5.56 Å². The number of hydrogen-bond donors (Lipinski definition) is 1. The maximum atomic E-state index is 12.5. The third-order valence-electron chi connectivity index (χ3n) is 4.12. The second-order valence-corrected chi connectivity index (χ2v) is 5.91. The molecule has 0 atom stereocenters. The summed E-state index contributed by atoms with van der Waals surface area (Å²) in [6.45, 7) is 3.62. The van der Waals surface area contributed by atoms with Crippen molar-refractivity contribution in [2.75, 3.05) is 0 Å². The topological polar surface area (TPSA) is 91.5 Å². The molecule has 26 heavy (non-hydrogen) atoms. The van der Waals surface area contributed by atoms with E-state index in [0.717, 1.165) is 10.1 Å². The molecule has 0 amide bonds. The lowest BCUT2D eigenvalue weighted by atomic mass is 10.1. The molecule has 0 radical (unpaired) electrons. The molecular weight excluding hydrogens is 330 g/mol. The normalized spacial score (nSPS) is 11.0. The highest BCUT2D eigenvalue weighted by Crippen LogP contribution is 2.22. The van der Waals surface area contributed by atoms with Crippen LogP contribution in [0.25, 0.3) is 0 Å². The Balaban J connectivity index is 2.10. The van der Waals surface area contributed by atoms with Crippen LogP contribution in [0, 0.1) is 25.2 Å². The van der Waals surface area contributed by atoms with E-state index in [9.17, 15) is 15.2 Å². The van der Waals surface area contributed by atoms with Gasteiger partial charge in [-0.25, -0.2) is 0 Å². The summed E-state index contributed by atoms with van der Waals surface area (Å²) in [6, 6.07) is 12.9. The lowest BCUT2D eigenvalue weighted by Gasteiger charge is -2.13. The van der Waals surface area contributed by atoms with Crippen molar-refractivity contribution in [2.45, 2.75) is 20.4 Å². The van der Waals surface area contributed by atoms with E-state index in [4.69, 9.17) is 4.42 Å². The van der Waals surface area contributed by atoms with Crippen molar-refractivity contribution in [1.29, 1.82) is 5.26 Å². The van der Waals surface area contributed by atoms with Crippen LogP contribution in [0.15, 0.2) is 56.9 Å². The average molecular weight is 347 g/mol. The molecule has 1 aromatic carbocycles. The Labute approximate surface area is 150 Å². The summed E-state index contributed by atoms with van der Waals surface area (Å²) >= 11 is 0. The molecular formula is C20H17N3O3. The molecule has 0 aliphatic heterocycles. The first-order valence-corrected chi connectivity index (χ1v) is 8.01. The number of hydrogen-bond acceptors (Lipinski definition) is 5. The lowest BCUT2D eigenvalue weighted by molar-refractivity contribution is 0.397. The van der Waals surface area contributed by atoms with Gasteiger partial charge in [0.15, 0.2) is 0 Å². The predicted molar refractivity (Wildman–Crippen MR) is 98.1 cm³/mol. The first-order chi connectivity index (χ1) is 12.5. The number of benzene rings is 1. The van der Waals surface area contributed by atoms with Crippen molar-refractivity contribution in [1.82, 2.24) is 4.57 Å². The van der Waals surface area contributed by atoms with Gasteiger partial charge >= 0.3 is 0 Å². The Morgan fingerprint density at radius 2 is 2.00 bits per heavy atom. The summed E-state index contributed by atoms with van der Waals surface area (Å²) in [5.74, 6) is 0.246. The van der Waals surface area contributed by atoms with Crippen molar-refractivity contribution in [2.24, 2.45) is 4.99 Å². The van der Waals surface area contributed by atoms with Crippen LogP contribution in [-0.4, -0.2) is 15.9 Å². The van der Waals surface area contributed by atoms with Gasteiger partial charge < -0.3 is 9.52 Å². The largest absolute Gasteiger partial charge is 0.494 e. The number of aryl methyl sites for hydroxylation is 1. The van der Waals surface area contributed by atoms with Gasteiger partial charge in [0.05, 0.1) is 24.1 Å². The van der Waals surface area contributed by atoms with Crippen LogP contribution in [0.3, 0.4) is 0 Å². The molecule has 0 saturated heterocycles. The van der Waals surface area contributed by atoms with Crippen LogP contribution in [0.1, 0.15) is 28.0 Å². The molecule has 130 valence electrons. The van der Waals surface area contributed by atoms with E-state index in [1.165, 1.54) is 12.5 Å². The maximum absolute atomic E-state index is 12.5. The summed E-state index contributed by atoms with van der Waals surface area (Å²) < 4.78 is 6.36. The van der Waals surface area contributed by atoms with Crippen LogP contribution < -0.4 is 5.56 Å². The minimum Gasteiger partial charge on any atom is -0.494 e. The molecule has 3 aromatic rings. The number of nitrogens with zero attached hydrogens (tertiary/aromatic N) is 3. The molecule has 6 heteroatoms. The SMILES string of the molecule is Cc1ccc(N=Cc2c(C)c(C#N)c(=O)n(Cc3ccco3)c2O)cc1. The molecule has 0 fully saturated rings. The van der Waals surface area contributed by atoms with Gasteiger partial charge in [-0.1, -0.05) is 17.7 Å². The zero-order chi connectivity index (χ0) is 18.7. The summed E-state index contributed by atoms with van der Waals surface area (Å²) in [6.07, 6.45) is 2.95. The Hall–Kier alpha value is -3.59. The van der Waals surface area contributed by atoms with Gasteiger partial charge in [-0.2, -0.15) is 5.26 Å². The minimum atomic E-state index is -0.564. The van der Waals surface area contributed by atoms with Gasteiger partial charge in [0.1, 0.15) is 17.4 Å². The summed E-state index contributed by atoms with van der Waals surface area (Å²) in [5, 5.41) is 20.0. The molecule has 3 rings (SSSR count). The van der Waals surface area contributed by atoms with Gasteiger partial charge in [0.25, 0.3) is 5.56 Å². The molecule has 2 aromatic heterocycles. The predicted octanol–water partition coefficient (Wildman–Crippen LogP) is 3.43. The second kappa shape index (κ2) is 7.11. The summed E-state index contributed by atoms with van der Waals surface area (Å²) in [5.41, 5.74) is 1.94. The second-order valence-electron chi connectivity index (χ2n) is 5.91. The van der Waals surface area contributed by atoms with Crippen molar-refractivity contribution in [3.05, 3.63) is 81.0 Å². The minimum absolute atomic E-state index is 0.0258. The number of rotatable bonds is 4. The third kappa shape index (κ3) is 3.28. The fourth-order valence-corrected chi connectivity index (χ4v) is 2.60. The molecule has 0 aliphatic carbocycles. The Bertz CT molecular complexity index is 1050. The monoisotopic (exact) mass is 347 g/mol. The van der Waals surface area contributed by atoms with E-state index in [1.807, 2.05) is 37.3 Å². The number of aromatic nitrogens is 1. The van der Waals surface area contributed by atoms with Crippen LogP contribution >= 0.6 is 0 Å². The standard InChI is InChI=1S/C20H17N3O3/c1-13-5-7-15(8-6-13)22-11-18-14(2)17(10-21)19(24)23(20(18)25)12-16-4-3-9-26-16/h3-9,11,25H,12H2,1-2H3. The highest BCUT2D eigenvalue weighted by molar-refractivity contribution is 5.87. The smallest absolute Gasteiger partial charge is 0.271 e.